The molecule has 0 radical (unpaired) electrons. The Morgan fingerprint density at radius 3 is 2.31 bits per heavy atom. The van der Waals surface area contributed by atoms with E-state index >= 15 is 0 Å². The average Bonchev–Trinajstić information content (AvgIpc) is 3.37. The summed E-state index contributed by atoms with van der Waals surface area (Å²) >= 11 is 0. The first kappa shape index (κ1) is 27.5. The SMILES string of the molecule is CCOC(Cc1ccc(OCCN(CC2CCCC2)C(=O)Nc2ccc(C(C)C)cc2)cc1)C(=O)O. The van der Waals surface area contributed by atoms with Crippen molar-refractivity contribution in [3.8, 4) is 5.75 Å². The van der Waals surface area contributed by atoms with Crippen molar-refractivity contribution in [2.24, 2.45) is 5.92 Å². The molecule has 36 heavy (non-hydrogen) atoms. The highest BCUT2D eigenvalue weighted by Gasteiger charge is 2.22. The Morgan fingerprint density at radius 1 is 1.06 bits per heavy atom. The van der Waals surface area contributed by atoms with Gasteiger partial charge in [-0.1, -0.05) is 51.0 Å². The van der Waals surface area contributed by atoms with E-state index < -0.39 is 12.1 Å². The molecule has 0 aliphatic heterocycles. The third kappa shape index (κ3) is 8.55. The van der Waals surface area contributed by atoms with E-state index in [4.69, 9.17) is 9.47 Å². The van der Waals surface area contributed by atoms with Crippen molar-refractivity contribution in [2.45, 2.75) is 64.9 Å². The van der Waals surface area contributed by atoms with E-state index in [-0.39, 0.29) is 6.03 Å². The standard InChI is InChI=1S/C29H40N2O5/c1-4-35-27(28(32)33)19-22-9-15-26(16-10-22)36-18-17-31(20-23-7-5-6-8-23)29(34)30-25-13-11-24(12-14-25)21(2)3/h9-16,21,23,27H,4-8,17-20H2,1-3H3,(H,30,34)(H,32,33). The van der Waals surface area contributed by atoms with Crippen LogP contribution in [0.4, 0.5) is 10.5 Å². The summed E-state index contributed by atoms with van der Waals surface area (Å²) in [5.41, 5.74) is 2.91. The minimum Gasteiger partial charge on any atom is -0.492 e. The first-order chi connectivity index (χ1) is 17.4. The van der Waals surface area contributed by atoms with Gasteiger partial charge < -0.3 is 24.8 Å². The first-order valence-corrected chi connectivity index (χ1v) is 13.1. The Hall–Kier alpha value is -3.06. The van der Waals surface area contributed by atoms with Gasteiger partial charge in [-0.15, -0.1) is 0 Å². The maximum Gasteiger partial charge on any atom is 0.333 e. The molecule has 3 rings (SSSR count). The molecule has 7 heteroatoms. The second kappa shape index (κ2) is 13.9. The van der Waals surface area contributed by atoms with Crippen LogP contribution >= 0.6 is 0 Å². The van der Waals surface area contributed by atoms with Crippen LogP contribution in [0.5, 0.6) is 5.75 Å². The molecule has 196 valence electrons. The van der Waals surface area contributed by atoms with E-state index in [1.54, 1.807) is 6.92 Å². The monoisotopic (exact) mass is 496 g/mol. The number of nitrogens with zero attached hydrogens (tertiary/aromatic N) is 1. The quantitative estimate of drug-likeness (QED) is 0.358. The predicted molar refractivity (Wildman–Crippen MR) is 142 cm³/mol. The molecule has 0 saturated heterocycles. The molecule has 7 nitrogen and oxygen atoms in total. The molecule has 1 fully saturated rings. The zero-order valence-corrected chi connectivity index (χ0v) is 21.7. The van der Waals surface area contributed by atoms with Crippen molar-refractivity contribution in [3.63, 3.8) is 0 Å². The highest BCUT2D eigenvalue weighted by atomic mass is 16.5. The van der Waals surface area contributed by atoms with Gasteiger partial charge in [-0.2, -0.15) is 0 Å². The molecule has 2 amide bonds. The number of rotatable bonds is 13. The van der Waals surface area contributed by atoms with Crippen molar-refractivity contribution in [2.75, 3.05) is 31.6 Å². The topological polar surface area (TPSA) is 88.1 Å². The number of hydrogen-bond acceptors (Lipinski definition) is 4. The molecule has 1 saturated carbocycles. The van der Waals surface area contributed by atoms with Crippen LogP contribution in [-0.4, -0.2) is 54.4 Å². The summed E-state index contributed by atoms with van der Waals surface area (Å²) in [6, 6.07) is 15.3. The third-order valence-electron chi connectivity index (χ3n) is 6.69. The number of nitrogens with one attached hydrogen (secondary N) is 1. The van der Waals surface area contributed by atoms with Gasteiger partial charge in [0.15, 0.2) is 6.10 Å². The highest BCUT2D eigenvalue weighted by Crippen LogP contribution is 2.26. The van der Waals surface area contributed by atoms with Gasteiger partial charge in [-0.05, 0) is 67.0 Å². The molecule has 0 aromatic heterocycles. The number of benzene rings is 2. The van der Waals surface area contributed by atoms with Gasteiger partial charge >= 0.3 is 12.0 Å². The van der Waals surface area contributed by atoms with Crippen LogP contribution in [0.2, 0.25) is 0 Å². The molecule has 0 bridgehead atoms. The fraction of sp³-hybridized carbons (Fsp3) is 0.517. The number of carbonyl (C=O) groups excluding carboxylic acids is 1. The number of urea groups is 1. The molecular formula is C29H40N2O5. The van der Waals surface area contributed by atoms with Gasteiger partial charge in [0.05, 0.1) is 6.54 Å². The largest absolute Gasteiger partial charge is 0.492 e. The summed E-state index contributed by atoms with van der Waals surface area (Å²) < 4.78 is 11.2. The zero-order chi connectivity index (χ0) is 25.9. The van der Waals surface area contributed by atoms with Crippen molar-refractivity contribution in [1.29, 1.82) is 0 Å². The van der Waals surface area contributed by atoms with Gasteiger partial charge in [-0.25, -0.2) is 9.59 Å². The zero-order valence-electron chi connectivity index (χ0n) is 21.7. The summed E-state index contributed by atoms with van der Waals surface area (Å²) in [5, 5.41) is 12.3. The molecule has 0 spiro atoms. The lowest BCUT2D eigenvalue weighted by Crippen LogP contribution is -2.40. The lowest BCUT2D eigenvalue weighted by molar-refractivity contribution is -0.149. The minimum absolute atomic E-state index is 0.103. The molecule has 2 N–H and O–H groups in total. The molecule has 1 unspecified atom stereocenters. The Morgan fingerprint density at radius 2 is 1.72 bits per heavy atom. The Bertz CT molecular complexity index is 953. The Labute approximate surface area is 214 Å². The van der Waals surface area contributed by atoms with E-state index in [2.05, 4.69) is 31.3 Å². The second-order valence-corrected chi connectivity index (χ2v) is 9.78. The number of hydrogen-bond donors (Lipinski definition) is 2. The lowest BCUT2D eigenvalue weighted by atomic mass is 10.0. The van der Waals surface area contributed by atoms with Gasteiger partial charge in [-0.3, -0.25) is 0 Å². The predicted octanol–water partition coefficient (Wildman–Crippen LogP) is 5.95. The number of carboxylic acid groups (broad SMARTS) is 1. The number of carbonyl (C=O) groups is 2. The molecule has 2 aromatic carbocycles. The molecule has 0 heterocycles. The second-order valence-electron chi connectivity index (χ2n) is 9.78. The molecule has 1 atom stereocenters. The summed E-state index contributed by atoms with van der Waals surface area (Å²) in [7, 11) is 0. The Kier molecular flexibility index (Phi) is 10.6. The van der Waals surface area contributed by atoms with E-state index in [9.17, 15) is 14.7 Å². The van der Waals surface area contributed by atoms with Crippen molar-refractivity contribution >= 4 is 17.7 Å². The van der Waals surface area contributed by atoms with Crippen LogP contribution in [0.25, 0.3) is 0 Å². The summed E-state index contributed by atoms with van der Waals surface area (Å²) in [4.78, 5) is 26.3. The number of ether oxygens (including phenoxy) is 2. The van der Waals surface area contributed by atoms with Crippen LogP contribution in [-0.2, 0) is 16.0 Å². The molecule has 1 aliphatic carbocycles. The van der Waals surface area contributed by atoms with E-state index in [1.807, 2.05) is 41.3 Å². The fourth-order valence-corrected chi connectivity index (χ4v) is 4.56. The molecule has 2 aromatic rings. The first-order valence-electron chi connectivity index (χ1n) is 13.1. The van der Waals surface area contributed by atoms with Crippen LogP contribution in [0.15, 0.2) is 48.5 Å². The van der Waals surface area contributed by atoms with Crippen LogP contribution < -0.4 is 10.1 Å². The fourth-order valence-electron chi connectivity index (χ4n) is 4.56. The van der Waals surface area contributed by atoms with Crippen LogP contribution in [0, 0.1) is 5.92 Å². The molecule has 1 aliphatic rings. The van der Waals surface area contributed by atoms with Crippen molar-refractivity contribution in [3.05, 3.63) is 59.7 Å². The number of anilines is 1. The Balaban J connectivity index is 1.55. The normalized spacial score (nSPS) is 14.6. The maximum absolute atomic E-state index is 13.1. The lowest BCUT2D eigenvalue weighted by Gasteiger charge is -2.26. The van der Waals surface area contributed by atoms with Crippen molar-refractivity contribution < 1.29 is 24.2 Å². The van der Waals surface area contributed by atoms with E-state index in [0.29, 0.717) is 43.8 Å². The van der Waals surface area contributed by atoms with E-state index in [0.717, 1.165) is 30.6 Å². The van der Waals surface area contributed by atoms with Gasteiger partial charge in [0.1, 0.15) is 12.4 Å². The van der Waals surface area contributed by atoms with E-state index in [1.165, 1.54) is 18.4 Å². The number of amides is 2. The summed E-state index contributed by atoms with van der Waals surface area (Å²) in [6.45, 7) is 8.03. The van der Waals surface area contributed by atoms with Gasteiger partial charge in [0.25, 0.3) is 0 Å². The summed E-state index contributed by atoms with van der Waals surface area (Å²) in [6.07, 6.45) is 4.22. The smallest absolute Gasteiger partial charge is 0.333 e. The van der Waals surface area contributed by atoms with Crippen LogP contribution in [0.1, 0.15) is 63.5 Å². The van der Waals surface area contributed by atoms with Gasteiger partial charge in [0.2, 0.25) is 0 Å². The number of aliphatic carboxylic acids is 1. The number of carboxylic acids is 1. The average molecular weight is 497 g/mol. The highest BCUT2D eigenvalue weighted by molar-refractivity contribution is 5.89. The third-order valence-corrected chi connectivity index (χ3v) is 6.69. The van der Waals surface area contributed by atoms with Gasteiger partial charge in [0, 0.05) is 25.3 Å². The molecular weight excluding hydrogens is 456 g/mol. The van der Waals surface area contributed by atoms with Crippen molar-refractivity contribution in [1.82, 2.24) is 4.90 Å². The minimum atomic E-state index is -0.964. The maximum atomic E-state index is 13.1. The summed E-state index contributed by atoms with van der Waals surface area (Å²) in [5.74, 6) is 0.704. The van der Waals surface area contributed by atoms with Crippen LogP contribution in [0.3, 0.4) is 0 Å².